The predicted octanol–water partition coefficient (Wildman–Crippen LogP) is 2.17. The van der Waals surface area contributed by atoms with Crippen LogP contribution in [0.5, 0.6) is 0 Å². The van der Waals surface area contributed by atoms with Crippen LogP contribution in [0.1, 0.15) is 12.5 Å². The molecule has 19 heavy (non-hydrogen) atoms. The van der Waals surface area contributed by atoms with Crippen molar-refractivity contribution in [2.75, 3.05) is 11.9 Å². The summed E-state index contributed by atoms with van der Waals surface area (Å²) in [7, 11) is 0. The number of carbonyl (C=O) groups is 1. The molecule has 0 spiro atoms. The number of hydrogen-bond donors (Lipinski definition) is 3. The number of pyridine rings is 1. The number of amides is 2. The minimum Gasteiger partial charge on any atom is -0.384 e. The Morgan fingerprint density at radius 1 is 1.42 bits per heavy atom. The van der Waals surface area contributed by atoms with E-state index in [4.69, 9.17) is 0 Å². The smallest absolute Gasteiger partial charge is 0.319 e. The topological polar surface area (TPSA) is 74.2 Å². The number of aliphatic hydroxyl groups is 1. The Balaban J connectivity index is 1.87. The summed E-state index contributed by atoms with van der Waals surface area (Å²) in [6, 6.07) is 4.86. The van der Waals surface area contributed by atoms with Crippen molar-refractivity contribution >= 4 is 23.1 Å². The van der Waals surface area contributed by atoms with Gasteiger partial charge in [-0.1, -0.05) is 0 Å². The number of urea groups is 1. The van der Waals surface area contributed by atoms with E-state index >= 15 is 0 Å². The Bertz CT molecular complexity index is 526. The number of thiophene rings is 1. The van der Waals surface area contributed by atoms with Crippen LogP contribution in [0, 0.1) is 0 Å². The number of aromatic nitrogens is 1. The first-order valence-corrected chi connectivity index (χ1v) is 6.72. The number of anilines is 1. The molecule has 0 saturated carbocycles. The predicted molar refractivity (Wildman–Crippen MR) is 75.1 cm³/mol. The van der Waals surface area contributed by atoms with Gasteiger partial charge in [-0.3, -0.25) is 4.98 Å². The molecule has 2 amide bonds. The zero-order valence-corrected chi connectivity index (χ0v) is 11.3. The van der Waals surface area contributed by atoms with Crippen molar-refractivity contribution in [3.8, 4) is 0 Å². The largest absolute Gasteiger partial charge is 0.384 e. The second-order valence-corrected chi connectivity index (χ2v) is 5.11. The Hall–Kier alpha value is -1.92. The third kappa shape index (κ3) is 3.77. The molecular formula is C13H15N3O2S. The number of nitrogens with zero attached hydrogens (tertiary/aromatic N) is 1. The molecule has 0 aliphatic rings. The highest BCUT2D eigenvalue weighted by molar-refractivity contribution is 7.08. The van der Waals surface area contributed by atoms with Crippen LogP contribution in [0.25, 0.3) is 0 Å². The highest BCUT2D eigenvalue weighted by atomic mass is 32.1. The Kier molecular flexibility index (Phi) is 4.13. The molecule has 0 aliphatic heterocycles. The monoisotopic (exact) mass is 277 g/mol. The van der Waals surface area contributed by atoms with Crippen LogP contribution >= 0.6 is 11.3 Å². The second-order valence-electron chi connectivity index (χ2n) is 4.33. The van der Waals surface area contributed by atoms with E-state index < -0.39 is 5.60 Å². The minimum atomic E-state index is -1.07. The average Bonchev–Trinajstić information content (AvgIpc) is 2.92. The SMILES string of the molecule is CC(O)(CNC(=O)Nc1ccncc1)c1ccsc1. The summed E-state index contributed by atoms with van der Waals surface area (Å²) in [6.07, 6.45) is 3.19. The van der Waals surface area contributed by atoms with Gasteiger partial charge in [0.2, 0.25) is 0 Å². The van der Waals surface area contributed by atoms with Gasteiger partial charge in [-0.15, -0.1) is 0 Å². The Morgan fingerprint density at radius 2 is 2.16 bits per heavy atom. The number of carbonyl (C=O) groups excluding carboxylic acids is 1. The third-order valence-electron chi connectivity index (χ3n) is 2.67. The lowest BCUT2D eigenvalue weighted by atomic mass is 9.99. The van der Waals surface area contributed by atoms with Gasteiger partial charge in [-0.05, 0) is 41.4 Å². The van der Waals surface area contributed by atoms with Crippen LogP contribution in [0.3, 0.4) is 0 Å². The zero-order chi connectivity index (χ0) is 13.7. The van der Waals surface area contributed by atoms with Crippen molar-refractivity contribution < 1.29 is 9.90 Å². The van der Waals surface area contributed by atoms with Crippen molar-refractivity contribution in [3.05, 3.63) is 46.9 Å². The fourth-order valence-electron chi connectivity index (χ4n) is 1.54. The summed E-state index contributed by atoms with van der Waals surface area (Å²) in [4.78, 5) is 15.5. The van der Waals surface area contributed by atoms with E-state index in [9.17, 15) is 9.90 Å². The molecule has 0 bridgehead atoms. The first kappa shape index (κ1) is 13.5. The van der Waals surface area contributed by atoms with Crippen LogP contribution in [0.15, 0.2) is 41.4 Å². The quantitative estimate of drug-likeness (QED) is 0.802. The van der Waals surface area contributed by atoms with E-state index in [1.807, 2.05) is 16.8 Å². The van der Waals surface area contributed by atoms with E-state index in [2.05, 4.69) is 15.6 Å². The second kappa shape index (κ2) is 5.81. The van der Waals surface area contributed by atoms with Crippen molar-refractivity contribution in [2.45, 2.75) is 12.5 Å². The van der Waals surface area contributed by atoms with Crippen LogP contribution < -0.4 is 10.6 Å². The van der Waals surface area contributed by atoms with E-state index in [0.717, 1.165) is 5.56 Å². The van der Waals surface area contributed by atoms with Crippen LogP contribution in [-0.2, 0) is 5.60 Å². The molecule has 0 aliphatic carbocycles. The van der Waals surface area contributed by atoms with E-state index in [0.29, 0.717) is 5.69 Å². The minimum absolute atomic E-state index is 0.140. The van der Waals surface area contributed by atoms with Gasteiger partial charge < -0.3 is 15.7 Å². The summed E-state index contributed by atoms with van der Waals surface area (Å²) in [5, 5.41) is 19.3. The Morgan fingerprint density at radius 3 is 2.79 bits per heavy atom. The van der Waals surface area contributed by atoms with Crippen molar-refractivity contribution in [1.29, 1.82) is 0 Å². The highest BCUT2D eigenvalue weighted by Gasteiger charge is 2.24. The van der Waals surface area contributed by atoms with Gasteiger partial charge in [0.05, 0.1) is 6.54 Å². The fourth-order valence-corrected chi connectivity index (χ4v) is 2.32. The molecule has 0 fully saturated rings. The molecule has 100 valence electrons. The van der Waals surface area contributed by atoms with Gasteiger partial charge in [0.1, 0.15) is 5.60 Å². The molecule has 2 heterocycles. The van der Waals surface area contributed by atoms with Crippen molar-refractivity contribution in [3.63, 3.8) is 0 Å². The summed E-state index contributed by atoms with van der Waals surface area (Å²) in [5.41, 5.74) is 0.375. The van der Waals surface area contributed by atoms with Gasteiger partial charge in [0, 0.05) is 18.1 Å². The highest BCUT2D eigenvalue weighted by Crippen LogP contribution is 2.21. The number of hydrogen-bond acceptors (Lipinski definition) is 4. The van der Waals surface area contributed by atoms with E-state index in [1.165, 1.54) is 11.3 Å². The standard InChI is InChI=1S/C13H15N3O2S/c1-13(18,10-4-7-19-8-10)9-15-12(17)16-11-2-5-14-6-3-11/h2-8,18H,9H2,1H3,(H2,14,15,16,17). The lowest BCUT2D eigenvalue weighted by Gasteiger charge is -2.22. The number of rotatable bonds is 4. The molecule has 2 rings (SSSR count). The molecule has 1 atom stereocenters. The maximum Gasteiger partial charge on any atom is 0.319 e. The lowest BCUT2D eigenvalue weighted by molar-refractivity contribution is 0.0604. The van der Waals surface area contributed by atoms with Crippen molar-refractivity contribution in [1.82, 2.24) is 10.3 Å². The van der Waals surface area contributed by atoms with Gasteiger partial charge in [0.15, 0.2) is 0 Å². The molecule has 2 aromatic heterocycles. The molecule has 0 aromatic carbocycles. The molecular weight excluding hydrogens is 262 g/mol. The molecule has 6 heteroatoms. The van der Waals surface area contributed by atoms with Gasteiger partial charge >= 0.3 is 6.03 Å². The summed E-state index contributed by atoms with van der Waals surface area (Å²) in [6.45, 7) is 1.81. The van der Waals surface area contributed by atoms with Crippen LogP contribution in [-0.4, -0.2) is 22.7 Å². The number of nitrogens with one attached hydrogen (secondary N) is 2. The molecule has 3 N–H and O–H groups in total. The summed E-state index contributed by atoms with van der Waals surface area (Å²) in [5.74, 6) is 0. The maximum absolute atomic E-state index is 11.7. The fraction of sp³-hybridized carbons (Fsp3) is 0.231. The molecule has 1 unspecified atom stereocenters. The van der Waals surface area contributed by atoms with Crippen molar-refractivity contribution in [2.24, 2.45) is 0 Å². The molecule has 0 radical (unpaired) electrons. The first-order chi connectivity index (χ1) is 9.08. The molecule has 0 saturated heterocycles. The first-order valence-electron chi connectivity index (χ1n) is 5.78. The maximum atomic E-state index is 11.7. The van der Waals surface area contributed by atoms with E-state index in [-0.39, 0.29) is 12.6 Å². The lowest BCUT2D eigenvalue weighted by Crippen LogP contribution is -2.40. The Labute approximate surface area is 115 Å². The zero-order valence-electron chi connectivity index (χ0n) is 10.5. The molecule has 2 aromatic rings. The van der Waals surface area contributed by atoms with Gasteiger partial charge in [-0.2, -0.15) is 11.3 Å². The average molecular weight is 277 g/mol. The summed E-state index contributed by atoms with van der Waals surface area (Å²) >= 11 is 1.51. The van der Waals surface area contributed by atoms with Gasteiger partial charge in [0.25, 0.3) is 0 Å². The van der Waals surface area contributed by atoms with Gasteiger partial charge in [-0.25, -0.2) is 4.79 Å². The third-order valence-corrected chi connectivity index (χ3v) is 3.36. The summed E-state index contributed by atoms with van der Waals surface area (Å²) < 4.78 is 0. The van der Waals surface area contributed by atoms with Crippen LogP contribution in [0.4, 0.5) is 10.5 Å². The van der Waals surface area contributed by atoms with Crippen LogP contribution in [0.2, 0.25) is 0 Å². The normalized spacial score (nSPS) is 13.6. The van der Waals surface area contributed by atoms with E-state index in [1.54, 1.807) is 31.5 Å². The molecule has 5 nitrogen and oxygen atoms in total.